The van der Waals surface area contributed by atoms with Crippen molar-refractivity contribution in [3.8, 4) is 0 Å². The summed E-state index contributed by atoms with van der Waals surface area (Å²) in [5, 5.41) is 5.38. The summed E-state index contributed by atoms with van der Waals surface area (Å²) in [7, 11) is 1.70. The molecule has 0 bridgehead atoms. The summed E-state index contributed by atoms with van der Waals surface area (Å²) in [6.45, 7) is 6.18. The Morgan fingerprint density at radius 3 is 2.76 bits per heavy atom. The Hall–Kier alpha value is -1.50. The molecule has 2 aromatic heterocycles. The van der Waals surface area contributed by atoms with Gasteiger partial charge in [-0.05, 0) is 18.4 Å². The molecule has 21 heavy (non-hydrogen) atoms. The fourth-order valence-electron chi connectivity index (χ4n) is 1.92. The highest BCUT2D eigenvalue weighted by atomic mass is 32.1. The lowest BCUT2D eigenvalue weighted by Gasteiger charge is -2.19. The number of nitrogens with one attached hydrogen (secondary N) is 1. The van der Waals surface area contributed by atoms with Gasteiger partial charge in [-0.1, -0.05) is 6.07 Å². The van der Waals surface area contributed by atoms with Gasteiger partial charge >= 0.3 is 0 Å². The van der Waals surface area contributed by atoms with E-state index in [1.807, 2.05) is 12.4 Å². The zero-order valence-corrected chi connectivity index (χ0v) is 13.4. The molecule has 0 amide bonds. The van der Waals surface area contributed by atoms with Gasteiger partial charge in [-0.15, -0.1) is 11.3 Å². The normalized spacial score (nSPS) is 10.8. The van der Waals surface area contributed by atoms with Crippen molar-refractivity contribution in [1.29, 1.82) is 0 Å². The van der Waals surface area contributed by atoms with E-state index in [1.165, 1.54) is 4.88 Å². The molecule has 0 aliphatic heterocycles. The van der Waals surface area contributed by atoms with Gasteiger partial charge < -0.3 is 15.0 Å². The lowest BCUT2D eigenvalue weighted by atomic mass is 10.3. The molecule has 0 saturated heterocycles. The van der Waals surface area contributed by atoms with Crippen molar-refractivity contribution in [3.63, 3.8) is 0 Å². The maximum Gasteiger partial charge on any atom is 0.225 e. The molecular formula is C15H22N4OS. The zero-order valence-electron chi connectivity index (χ0n) is 12.6. The van der Waals surface area contributed by atoms with Gasteiger partial charge in [0, 0.05) is 49.6 Å². The third-order valence-electron chi connectivity index (χ3n) is 3.10. The van der Waals surface area contributed by atoms with Crippen LogP contribution in [0.4, 0.5) is 5.95 Å². The van der Waals surface area contributed by atoms with Crippen LogP contribution in [0.5, 0.6) is 0 Å². The highest BCUT2D eigenvalue weighted by Crippen LogP contribution is 2.15. The third-order valence-corrected chi connectivity index (χ3v) is 3.96. The van der Waals surface area contributed by atoms with E-state index in [2.05, 4.69) is 44.6 Å². The Morgan fingerprint density at radius 1 is 1.33 bits per heavy atom. The van der Waals surface area contributed by atoms with E-state index in [9.17, 15) is 0 Å². The summed E-state index contributed by atoms with van der Waals surface area (Å²) < 4.78 is 5.00. The van der Waals surface area contributed by atoms with Gasteiger partial charge in [0.2, 0.25) is 5.95 Å². The molecule has 6 heteroatoms. The summed E-state index contributed by atoms with van der Waals surface area (Å²) in [4.78, 5) is 12.5. The van der Waals surface area contributed by atoms with Crippen LogP contribution in [-0.2, 0) is 17.8 Å². The summed E-state index contributed by atoms with van der Waals surface area (Å²) in [5.41, 5.74) is 1.09. The number of nitrogens with zero attached hydrogens (tertiary/aromatic N) is 3. The number of aromatic nitrogens is 2. The Balaban J connectivity index is 1.90. The Bertz CT molecular complexity index is 501. The van der Waals surface area contributed by atoms with Crippen LogP contribution in [0.2, 0.25) is 0 Å². The first-order valence-corrected chi connectivity index (χ1v) is 7.99. The highest BCUT2D eigenvalue weighted by Gasteiger charge is 2.08. The van der Waals surface area contributed by atoms with Gasteiger partial charge in [-0.2, -0.15) is 0 Å². The largest absolute Gasteiger partial charge is 0.383 e. The third kappa shape index (κ3) is 5.08. The average Bonchev–Trinajstić information content (AvgIpc) is 3.03. The maximum atomic E-state index is 5.00. The minimum absolute atomic E-state index is 0.712. The zero-order chi connectivity index (χ0) is 14.9. The molecule has 2 rings (SSSR count). The molecule has 0 saturated carbocycles. The van der Waals surface area contributed by atoms with Crippen molar-refractivity contribution < 1.29 is 4.74 Å². The molecule has 0 atom stereocenters. The Kier molecular flexibility index (Phi) is 6.59. The van der Waals surface area contributed by atoms with Crippen LogP contribution in [0.15, 0.2) is 29.9 Å². The van der Waals surface area contributed by atoms with E-state index in [0.717, 1.165) is 37.7 Å². The number of methoxy groups -OCH3 is 1. The minimum Gasteiger partial charge on any atom is -0.383 e. The van der Waals surface area contributed by atoms with Gasteiger partial charge in [0.05, 0.1) is 13.2 Å². The number of thiophene rings is 1. The fraction of sp³-hybridized carbons (Fsp3) is 0.467. The number of hydrogen-bond donors (Lipinski definition) is 1. The molecule has 0 fully saturated rings. The van der Waals surface area contributed by atoms with Gasteiger partial charge in [0.1, 0.15) is 0 Å². The number of ether oxygens (including phenoxy) is 1. The van der Waals surface area contributed by atoms with Crippen LogP contribution >= 0.6 is 11.3 Å². The lowest BCUT2D eigenvalue weighted by molar-refractivity contribution is 0.199. The molecule has 1 N–H and O–H groups in total. The van der Waals surface area contributed by atoms with Gasteiger partial charge in [0.15, 0.2) is 0 Å². The Labute approximate surface area is 130 Å². The molecule has 0 aromatic carbocycles. The van der Waals surface area contributed by atoms with Crippen molar-refractivity contribution >= 4 is 17.3 Å². The first-order valence-electron chi connectivity index (χ1n) is 7.11. The van der Waals surface area contributed by atoms with Gasteiger partial charge in [0.25, 0.3) is 0 Å². The summed E-state index contributed by atoms with van der Waals surface area (Å²) in [5.74, 6) is 0.784. The number of hydrogen-bond acceptors (Lipinski definition) is 6. The monoisotopic (exact) mass is 306 g/mol. The average molecular weight is 306 g/mol. The van der Waals surface area contributed by atoms with Crippen LogP contribution < -0.4 is 10.2 Å². The van der Waals surface area contributed by atoms with E-state index in [1.54, 1.807) is 18.4 Å². The summed E-state index contributed by atoms with van der Waals surface area (Å²) >= 11 is 1.76. The van der Waals surface area contributed by atoms with Crippen LogP contribution in [0.1, 0.15) is 17.4 Å². The van der Waals surface area contributed by atoms with Crippen molar-refractivity contribution in [1.82, 2.24) is 15.3 Å². The number of anilines is 1. The standard InChI is InChI=1S/C15H22N4OS/c1-3-19(12-14-5-4-8-21-14)15-17-10-13(11-18-15)9-16-6-7-20-2/h4-5,8,10-11,16H,3,6-7,9,12H2,1-2H3. The van der Waals surface area contributed by atoms with Crippen LogP contribution in [0.3, 0.4) is 0 Å². The van der Waals surface area contributed by atoms with E-state index in [0.29, 0.717) is 6.61 Å². The topological polar surface area (TPSA) is 50.3 Å². The van der Waals surface area contributed by atoms with E-state index >= 15 is 0 Å². The molecule has 0 aliphatic carbocycles. The fourth-order valence-corrected chi connectivity index (χ4v) is 2.64. The van der Waals surface area contributed by atoms with Crippen LogP contribution in [0, 0.1) is 0 Å². The maximum absolute atomic E-state index is 5.00. The van der Waals surface area contributed by atoms with Gasteiger partial charge in [-0.25, -0.2) is 9.97 Å². The van der Waals surface area contributed by atoms with Crippen LogP contribution in [0.25, 0.3) is 0 Å². The summed E-state index contributed by atoms with van der Waals surface area (Å²) in [6, 6.07) is 4.21. The second kappa shape index (κ2) is 8.71. The molecule has 5 nitrogen and oxygen atoms in total. The van der Waals surface area contributed by atoms with E-state index < -0.39 is 0 Å². The van der Waals surface area contributed by atoms with Gasteiger partial charge in [-0.3, -0.25) is 0 Å². The smallest absolute Gasteiger partial charge is 0.225 e. The second-order valence-corrected chi connectivity index (χ2v) is 5.69. The first kappa shape index (κ1) is 15.9. The molecule has 114 valence electrons. The predicted molar refractivity (Wildman–Crippen MR) is 86.7 cm³/mol. The Morgan fingerprint density at radius 2 is 2.14 bits per heavy atom. The summed E-state index contributed by atoms with van der Waals surface area (Å²) in [6.07, 6.45) is 3.78. The SMILES string of the molecule is CCN(Cc1cccs1)c1ncc(CNCCOC)cn1. The lowest BCUT2D eigenvalue weighted by Crippen LogP contribution is -2.24. The highest BCUT2D eigenvalue weighted by molar-refractivity contribution is 7.09. The van der Waals surface area contributed by atoms with Crippen molar-refractivity contribution in [2.75, 3.05) is 31.7 Å². The van der Waals surface area contributed by atoms with Crippen LogP contribution in [-0.4, -0.2) is 36.8 Å². The van der Waals surface area contributed by atoms with E-state index in [-0.39, 0.29) is 0 Å². The van der Waals surface area contributed by atoms with Crippen molar-refractivity contribution in [2.45, 2.75) is 20.0 Å². The van der Waals surface area contributed by atoms with Crippen molar-refractivity contribution in [3.05, 3.63) is 40.3 Å². The molecule has 0 spiro atoms. The predicted octanol–water partition coefficient (Wildman–Crippen LogP) is 2.30. The number of rotatable bonds is 9. The second-order valence-electron chi connectivity index (χ2n) is 4.65. The molecule has 2 aromatic rings. The molecule has 0 radical (unpaired) electrons. The molecular weight excluding hydrogens is 284 g/mol. The molecule has 2 heterocycles. The van der Waals surface area contributed by atoms with Crippen molar-refractivity contribution in [2.24, 2.45) is 0 Å². The quantitative estimate of drug-likeness (QED) is 0.720. The molecule has 0 aliphatic rings. The minimum atomic E-state index is 0.712. The van der Waals surface area contributed by atoms with E-state index in [4.69, 9.17) is 4.74 Å². The first-order chi connectivity index (χ1) is 10.3. The molecule has 0 unspecified atom stereocenters.